The van der Waals surface area contributed by atoms with Crippen LogP contribution < -0.4 is 21.9 Å². The van der Waals surface area contributed by atoms with E-state index in [1.807, 2.05) is 18.2 Å². The minimum Gasteiger partial charge on any atom is -0.376 e. The largest absolute Gasteiger partial charge is 0.376 e. The van der Waals surface area contributed by atoms with Crippen LogP contribution in [0.4, 0.5) is 0 Å². The third-order valence-electron chi connectivity index (χ3n) is 6.41. The van der Waals surface area contributed by atoms with E-state index >= 15 is 0 Å². The Hall–Kier alpha value is -2.95. The maximum Gasteiger partial charge on any atom is 0.332 e. The number of halogens is 1. The Morgan fingerprint density at radius 3 is 2.68 bits per heavy atom. The molecular weight excluding hydrogens is 516 g/mol. The number of unbranched alkanes of at least 4 members (excludes halogenated alkanes) is 2. The molecule has 9 nitrogen and oxygen atoms in total. The van der Waals surface area contributed by atoms with Gasteiger partial charge in [-0.25, -0.2) is 4.79 Å². The van der Waals surface area contributed by atoms with E-state index in [1.54, 1.807) is 17.5 Å². The molecule has 2 N–H and O–H groups in total. The van der Waals surface area contributed by atoms with Crippen molar-refractivity contribution >= 4 is 45.0 Å². The van der Waals surface area contributed by atoms with Crippen LogP contribution in [0, 0.1) is 0 Å². The first-order valence-electron chi connectivity index (χ1n) is 12.5. The Bertz CT molecular complexity index is 1360. The summed E-state index contributed by atoms with van der Waals surface area (Å²) in [4.78, 5) is 50.8. The first kappa shape index (κ1) is 27.1. The van der Waals surface area contributed by atoms with Crippen molar-refractivity contribution in [2.45, 2.75) is 64.3 Å². The molecule has 0 bridgehead atoms. The summed E-state index contributed by atoms with van der Waals surface area (Å²) >= 11 is 7.37. The molecule has 0 saturated carbocycles. The summed E-state index contributed by atoms with van der Waals surface area (Å²) < 4.78 is 8.54. The van der Waals surface area contributed by atoms with Crippen LogP contribution in [0.5, 0.6) is 0 Å². The second kappa shape index (κ2) is 13.0. The lowest BCUT2D eigenvalue weighted by Crippen LogP contribution is -2.43. The molecule has 0 radical (unpaired) electrons. The number of benzene rings is 1. The minimum atomic E-state index is -0.499. The van der Waals surface area contributed by atoms with Crippen LogP contribution in [-0.4, -0.2) is 40.2 Å². The highest BCUT2D eigenvalue weighted by atomic mass is 35.5. The lowest BCUT2D eigenvalue weighted by molar-refractivity contribution is -0.122. The molecule has 3 aromatic rings. The number of hydrogen-bond donors (Lipinski definition) is 2. The standard InChI is InChI=1S/C26H31ClN4O5S/c27-20-9-4-3-7-18(20)15-28-22(32)10-2-1-5-12-30-25(34)24-21(11-14-37-24)31(26(30)35)17-23(33)29-16-19-8-6-13-36-19/h3-4,7,9,11,14,19H,1-2,5-6,8,10,12-13,15-17H2,(H,28,32)(H,29,33)/t19-/m1/s1. The van der Waals surface area contributed by atoms with Crippen molar-refractivity contribution in [2.75, 3.05) is 13.2 Å². The maximum absolute atomic E-state index is 13.2. The van der Waals surface area contributed by atoms with Gasteiger partial charge < -0.3 is 15.4 Å². The Kier molecular flexibility index (Phi) is 9.54. The third-order valence-corrected chi connectivity index (χ3v) is 7.67. The Morgan fingerprint density at radius 2 is 1.89 bits per heavy atom. The van der Waals surface area contributed by atoms with Crippen LogP contribution in [0.15, 0.2) is 45.3 Å². The van der Waals surface area contributed by atoms with Gasteiger partial charge in [-0.05, 0) is 48.8 Å². The lowest BCUT2D eigenvalue weighted by Gasteiger charge is -2.14. The van der Waals surface area contributed by atoms with Gasteiger partial charge in [0.1, 0.15) is 11.2 Å². The molecule has 1 fully saturated rings. The van der Waals surface area contributed by atoms with Gasteiger partial charge in [0, 0.05) is 37.7 Å². The fraction of sp³-hybridized carbons (Fsp3) is 0.462. The molecule has 198 valence electrons. The van der Waals surface area contributed by atoms with Gasteiger partial charge in [-0.3, -0.25) is 23.5 Å². The topological polar surface area (TPSA) is 111 Å². The number of carbonyl (C=O) groups excluding carboxylic acids is 2. The van der Waals surface area contributed by atoms with Gasteiger partial charge in [0.15, 0.2) is 0 Å². The van der Waals surface area contributed by atoms with Crippen LogP contribution in [0.3, 0.4) is 0 Å². The van der Waals surface area contributed by atoms with Crippen molar-refractivity contribution in [3.05, 3.63) is 67.1 Å². The van der Waals surface area contributed by atoms with E-state index < -0.39 is 5.69 Å². The molecule has 3 heterocycles. The average molecular weight is 547 g/mol. The quantitative estimate of drug-likeness (QED) is 0.339. The van der Waals surface area contributed by atoms with Crippen LogP contribution >= 0.6 is 22.9 Å². The number of carbonyl (C=O) groups is 2. The number of nitrogens with one attached hydrogen (secondary N) is 2. The van der Waals surface area contributed by atoms with Crippen LogP contribution in [0.2, 0.25) is 5.02 Å². The number of fused-ring (bicyclic) bond motifs is 1. The summed E-state index contributed by atoms with van der Waals surface area (Å²) in [5.41, 5.74) is 0.487. The zero-order valence-corrected chi connectivity index (χ0v) is 22.1. The van der Waals surface area contributed by atoms with Crippen molar-refractivity contribution in [1.82, 2.24) is 19.8 Å². The van der Waals surface area contributed by atoms with Crippen LogP contribution in [-0.2, 0) is 34.0 Å². The fourth-order valence-electron chi connectivity index (χ4n) is 4.37. The van der Waals surface area contributed by atoms with Gasteiger partial charge in [-0.1, -0.05) is 36.2 Å². The SMILES string of the molecule is O=C(CCCCCn1c(=O)c2sccc2n(CC(=O)NC[C@H]2CCCO2)c1=O)NCc1ccccc1Cl. The van der Waals surface area contributed by atoms with Gasteiger partial charge in [0.05, 0.1) is 11.6 Å². The van der Waals surface area contributed by atoms with Gasteiger partial charge in [-0.2, -0.15) is 0 Å². The number of ether oxygens (including phenoxy) is 1. The van der Waals surface area contributed by atoms with E-state index in [-0.39, 0.29) is 36.6 Å². The van der Waals surface area contributed by atoms with Crippen molar-refractivity contribution in [3.63, 3.8) is 0 Å². The van der Waals surface area contributed by atoms with Gasteiger partial charge >= 0.3 is 5.69 Å². The average Bonchev–Trinajstić information content (AvgIpc) is 3.59. The van der Waals surface area contributed by atoms with E-state index in [4.69, 9.17) is 16.3 Å². The fourth-order valence-corrected chi connectivity index (χ4v) is 5.42. The van der Waals surface area contributed by atoms with E-state index in [0.29, 0.717) is 60.6 Å². The summed E-state index contributed by atoms with van der Waals surface area (Å²) in [6.45, 7) is 1.55. The molecule has 1 atom stereocenters. The van der Waals surface area contributed by atoms with Gasteiger partial charge in [0.2, 0.25) is 11.8 Å². The van der Waals surface area contributed by atoms with Crippen molar-refractivity contribution in [3.8, 4) is 0 Å². The maximum atomic E-state index is 13.2. The molecule has 1 aliphatic rings. The highest BCUT2D eigenvalue weighted by molar-refractivity contribution is 7.17. The van der Waals surface area contributed by atoms with Crippen molar-refractivity contribution in [1.29, 1.82) is 0 Å². The van der Waals surface area contributed by atoms with Gasteiger partial charge in [-0.15, -0.1) is 11.3 Å². The lowest BCUT2D eigenvalue weighted by atomic mass is 10.1. The minimum absolute atomic E-state index is 0.00835. The molecule has 0 spiro atoms. The van der Waals surface area contributed by atoms with Gasteiger partial charge in [0.25, 0.3) is 5.56 Å². The number of rotatable bonds is 12. The smallest absolute Gasteiger partial charge is 0.332 e. The number of aromatic nitrogens is 2. The summed E-state index contributed by atoms with van der Waals surface area (Å²) in [7, 11) is 0. The Labute approximate surface area is 223 Å². The molecule has 2 amide bonds. The van der Waals surface area contributed by atoms with E-state index in [0.717, 1.165) is 18.4 Å². The zero-order chi connectivity index (χ0) is 26.2. The second-order valence-corrected chi connectivity index (χ2v) is 10.4. The summed E-state index contributed by atoms with van der Waals surface area (Å²) in [5.74, 6) is -0.369. The Balaban J connectivity index is 1.30. The second-order valence-electron chi connectivity index (χ2n) is 9.08. The molecular formula is C26H31ClN4O5S. The molecule has 37 heavy (non-hydrogen) atoms. The Morgan fingerprint density at radius 1 is 1.05 bits per heavy atom. The number of nitrogens with zero attached hydrogens (tertiary/aromatic N) is 2. The molecule has 2 aromatic heterocycles. The molecule has 0 unspecified atom stereocenters. The molecule has 11 heteroatoms. The summed E-state index contributed by atoms with van der Waals surface area (Å²) in [6, 6.07) is 9.05. The summed E-state index contributed by atoms with van der Waals surface area (Å²) in [5, 5.41) is 8.05. The van der Waals surface area contributed by atoms with Crippen molar-refractivity contribution in [2.24, 2.45) is 0 Å². The predicted octanol–water partition coefficient (Wildman–Crippen LogP) is 3.05. The predicted molar refractivity (Wildman–Crippen MR) is 144 cm³/mol. The third kappa shape index (κ3) is 7.09. The van der Waals surface area contributed by atoms with E-state index in [2.05, 4.69) is 10.6 Å². The number of thiophene rings is 1. The monoisotopic (exact) mass is 546 g/mol. The molecule has 1 aliphatic heterocycles. The molecule has 1 saturated heterocycles. The first-order chi connectivity index (χ1) is 17.9. The molecule has 0 aliphatic carbocycles. The van der Waals surface area contributed by atoms with Crippen LogP contribution in [0.1, 0.15) is 44.1 Å². The summed E-state index contributed by atoms with van der Waals surface area (Å²) in [6.07, 6.45) is 4.11. The number of hydrogen-bond acceptors (Lipinski definition) is 6. The van der Waals surface area contributed by atoms with E-state index in [9.17, 15) is 19.2 Å². The van der Waals surface area contributed by atoms with Crippen LogP contribution in [0.25, 0.3) is 10.2 Å². The molecule has 4 rings (SSSR count). The zero-order valence-electron chi connectivity index (χ0n) is 20.5. The molecule has 1 aromatic carbocycles. The highest BCUT2D eigenvalue weighted by Gasteiger charge is 2.19. The number of amides is 2. The highest BCUT2D eigenvalue weighted by Crippen LogP contribution is 2.16. The first-order valence-corrected chi connectivity index (χ1v) is 13.8. The van der Waals surface area contributed by atoms with E-state index in [1.165, 1.54) is 20.5 Å². The van der Waals surface area contributed by atoms with Crippen molar-refractivity contribution < 1.29 is 14.3 Å². The normalized spacial score (nSPS) is 15.2.